The summed E-state index contributed by atoms with van der Waals surface area (Å²) in [6, 6.07) is 5.62. The lowest BCUT2D eigenvalue weighted by Gasteiger charge is -2.59. The molecule has 1 aromatic rings. The van der Waals surface area contributed by atoms with Crippen LogP contribution in [0, 0.1) is 11.8 Å². The van der Waals surface area contributed by atoms with Gasteiger partial charge in [0.2, 0.25) is 0 Å². The molecule has 2 saturated carbocycles. The van der Waals surface area contributed by atoms with Crippen molar-refractivity contribution in [1.29, 1.82) is 0 Å². The summed E-state index contributed by atoms with van der Waals surface area (Å²) in [5, 5.41) is 22.1. The summed E-state index contributed by atoms with van der Waals surface area (Å²) < 4.78 is 5.03. The van der Waals surface area contributed by atoms with E-state index in [4.69, 9.17) is 4.74 Å². The smallest absolute Gasteiger partial charge is 0.308 e. The lowest BCUT2D eigenvalue weighted by Crippen LogP contribution is -2.69. The van der Waals surface area contributed by atoms with Gasteiger partial charge in [0, 0.05) is 18.0 Å². The molecule has 26 heavy (non-hydrogen) atoms. The third kappa shape index (κ3) is 2.13. The van der Waals surface area contributed by atoms with Crippen LogP contribution in [-0.4, -0.2) is 52.9 Å². The van der Waals surface area contributed by atoms with Crippen LogP contribution in [-0.2, 0) is 21.4 Å². The highest BCUT2D eigenvalue weighted by Crippen LogP contribution is 2.62. The molecule has 5 rings (SSSR count). The molecule has 2 N–H and O–H groups in total. The topological polar surface area (TPSA) is 70.0 Å². The predicted octanol–water partition coefficient (Wildman–Crippen LogP) is 1.98. The Labute approximate surface area is 154 Å². The van der Waals surface area contributed by atoms with E-state index in [1.807, 2.05) is 12.1 Å². The van der Waals surface area contributed by atoms with Crippen molar-refractivity contribution in [3.05, 3.63) is 29.3 Å². The maximum Gasteiger partial charge on any atom is 0.308 e. The lowest BCUT2D eigenvalue weighted by atomic mass is 9.56. The molecule has 1 aromatic carbocycles. The Bertz CT molecular complexity index is 760. The van der Waals surface area contributed by atoms with Crippen molar-refractivity contribution in [2.75, 3.05) is 20.2 Å². The molecule has 1 unspecified atom stereocenters. The fourth-order valence-corrected chi connectivity index (χ4v) is 6.16. The van der Waals surface area contributed by atoms with E-state index < -0.39 is 11.0 Å². The van der Waals surface area contributed by atoms with Gasteiger partial charge in [0.1, 0.15) is 5.75 Å². The standard InChI is InChI=1S/C21H27NO4/c1-26-19(24)15-10-20-6-7-22(12-13-2-3-13)18(21(20,25)11-15)8-14-4-5-16(23)9-17(14)20/h4-5,9,13,15,18,23,25H,2-3,6-8,10-12H2,1H3/t15-,18-,20?,21-/m1/s1. The zero-order chi connectivity index (χ0) is 18.1. The van der Waals surface area contributed by atoms with Gasteiger partial charge in [0.25, 0.3) is 0 Å². The van der Waals surface area contributed by atoms with Crippen LogP contribution in [0.4, 0.5) is 0 Å². The third-order valence-electron chi connectivity index (χ3n) is 7.55. The fraction of sp³-hybridized carbons (Fsp3) is 0.667. The van der Waals surface area contributed by atoms with Crippen molar-refractivity contribution < 1.29 is 19.7 Å². The van der Waals surface area contributed by atoms with E-state index >= 15 is 0 Å². The van der Waals surface area contributed by atoms with E-state index in [1.54, 1.807) is 6.07 Å². The second-order valence-electron chi connectivity index (χ2n) is 8.88. The quantitative estimate of drug-likeness (QED) is 0.810. The number of phenols is 1. The van der Waals surface area contributed by atoms with Gasteiger partial charge in [0.15, 0.2) is 0 Å². The van der Waals surface area contributed by atoms with Crippen LogP contribution in [0.2, 0.25) is 0 Å². The molecule has 1 aliphatic heterocycles. The van der Waals surface area contributed by atoms with Gasteiger partial charge in [-0.25, -0.2) is 0 Å². The maximum atomic E-state index is 12.3. The normalized spacial score (nSPS) is 38.5. The van der Waals surface area contributed by atoms with Gasteiger partial charge >= 0.3 is 5.97 Å². The van der Waals surface area contributed by atoms with Crippen LogP contribution in [0.15, 0.2) is 18.2 Å². The van der Waals surface area contributed by atoms with Gasteiger partial charge in [0.05, 0.1) is 18.6 Å². The van der Waals surface area contributed by atoms with Crippen molar-refractivity contribution in [3.8, 4) is 5.75 Å². The van der Waals surface area contributed by atoms with Crippen molar-refractivity contribution in [2.45, 2.75) is 55.6 Å². The Balaban J connectivity index is 1.62. The third-order valence-corrected chi connectivity index (χ3v) is 7.55. The molecule has 3 fully saturated rings. The number of methoxy groups -OCH3 is 1. The Hall–Kier alpha value is -1.59. The molecule has 4 atom stereocenters. The van der Waals surface area contributed by atoms with E-state index in [9.17, 15) is 15.0 Å². The predicted molar refractivity (Wildman–Crippen MR) is 95.9 cm³/mol. The zero-order valence-electron chi connectivity index (χ0n) is 15.3. The fourth-order valence-electron chi connectivity index (χ4n) is 6.16. The van der Waals surface area contributed by atoms with E-state index in [-0.39, 0.29) is 23.7 Å². The molecular weight excluding hydrogens is 330 g/mol. The molecule has 0 amide bonds. The molecule has 5 nitrogen and oxygen atoms in total. The second-order valence-corrected chi connectivity index (χ2v) is 8.88. The Kier molecular flexibility index (Phi) is 3.48. The molecule has 1 saturated heterocycles. The van der Waals surface area contributed by atoms with Crippen LogP contribution in [0.25, 0.3) is 0 Å². The van der Waals surface area contributed by atoms with Crippen molar-refractivity contribution in [3.63, 3.8) is 0 Å². The summed E-state index contributed by atoms with van der Waals surface area (Å²) in [6.07, 6.45) is 5.27. The molecule has 2 bridgehead atoms. The Morgan fingerprint density at radius 2 is 2.15 bits per heavy atom. The number of piperidine rings is 1. The molecule has 0 aromatic heterocycles. The van der Waals surface area contributed by atoms with Gasteiger partial charge in [-0.3, -0.25) is 9.69 Å². The number of benzene rings is 1. The molecule has 0 spiro atoms. The largest absolute Gasteiger partial charge is 0.508 e. The summed E-state index contributed by atoms with van der Waals surface area (Å²) in [4.78, 5) is 14.8. The van der Waals surface area contributed by atoms with Gasteiger partial charge < -0.3 is 14.9 Å². The minimum Gasteiger partial charge on any atom is -0.508 e. The van der Waals surface area contributed by atoms with E-state index in [1.165, 1.54) is 25.5 Å². The number of nitrogens with zero attached hydrogens (tertiary/aromatic N) is 1. The van der Waals surface area contributed by atoms with Crippen LogP contribution in [0.5, 0.6) is 5.75 Å². The number of rotatable bonds is 3. The number of carbonyl (C=O) groups is 1. The summed E-state index contributed by atoms with van der Waals surface area (Å²) in [6.45, 7) is 2.01. The van der Waals surface area contributed by atoms with Crippen LogP contribution >= 0.6 is 0 Å². The number of phenolic OH excluding ortho intramolecular Hbond substituents is 1. The van der Waals surface area contributed by atoms with Gasteiger partial charge in [-0.1, -0.05) is 6.07 Å². The summed E-state index contributed by atoms with van der Waals surface area (Å²) in [5.74, 6) is 0.510. The van der Waals surface area contributed by atoms with Gasteiger partial charge in [-0.15, -0.1) is 0 Å². The number of carbonyl (C=O) groups excluding carboxylic acids is 1. The number of esters is 1. The van der Waals surface area contributed by atoms with Crippen LogP contribution in [0.1, 0.15) is 43.2 Å². The number of hydrogen-bond donors (Lipinski definition) is 2. The van der Waals surface area contributed by atoms with E-state index in [2.05, 4.69) is 4.90 Å². The van der Waals surface area contributed by atoms with E-state index in [0.29, 0.717) is 12.8 Å². The SMILES string of the molecule is COC(=O)[C@@H]1CC23CCN(CC4CC4)[C@H](Cc4ccc(O)cc42)[C@]3(O)C1. The molecule has 140 valence electrons. The number of hydrogen-bond acceptors (Lipinski definition) is 5. The number of aromatic hydroxyl groups is 1. The zero-order valence-corrected chi connectivity index (χ0v) is 15.3. The van der Waals surface area contributed by atoms with Crippen molar-refractivity contribution >= 4 is 5.97 Å². The molecular formula is C21H27NO4. The monoisotopic (exact) mass is 357 g/mol. The van der Waals surface area contributed by atoms with Gasteiger partial charge in [-0.05, 0) is 74.2 Å². The van der Waals surface area contributed by atoms with Crippen LogP contribution < -0.4 is 0 Å². The second kappa shape index (κ2) is 5.46. The summed E-state index contributed by atoms with van der Waals surface area (Å²) in [5.41, 5.74) is 0.875. The first-order valence-electron chi connectivity index (χ1n) is 9.83. The first-order valence-corrected chi connectivity index (χ1v) is 9.83. The summed E-state index contributed by atoms with van der Waals surface area (Å²) in [7, 11) is 1.43. The average Bonchev–Trinajstić information content (AvgIpc) is 3.37. The minimum atomic E-state index is -0.931. The average molecular weight is 357 g/mol. The number of aliphatic hydroxyl groups is 1. The molecule has 0 radical (unpaired) electrons. The first kappa shape index (κ1) is 16.6. The highest BCUT2D eigenvalue weighted by atomic mass is 16.5. The van der Waals surface area contributed by atoms with Gasteiger partial charge in [-0.2, -0.15) is 0 Å². The number of fused-ring (bicyclic) bond motifs is 1. The van der Waals surface area contributed by atoms with Crippen LogP contribution in [0.3, 0.4) is 0 Å². The Morgan fingerprint density at radius 3 is 2.88 bits per heavy atom. The van der Waals surface area contributed by atoms with Crippen molar-refractivity contribution in [1.82, 2.24) is 4.90 Å². The molecule has 5 heteroatoms. The maximum absolute atomic E-state index is 12.3. The molecule has 4 aliphatic rings. The number of ether oxygens (including phenoxy) is 1. The Morgan fingerprint density at radius 1 is 1.35 bits per heavy atom. The number of likely N-dealkylation sites (tertiary alicyclic amines) is 1. The van der Waals surface area contributed by atoms with E-state index in [0.717, 1.165) is 37.4 Å². The highest BCUT2D eigenvalue weighted by molar-refractivity contribution is 5.74. The minimum absolute atomic E-state index is 0.0450. The molecule has 3 aliphatic carbocycles. The van der Waals surface area contributed by atoms with Crippen molar-refractivity contribution in [2.24, 2.45) is 11.8 Å². The highest BCUT2D eigenvalue weighted by Gasteiger charge is 2.68. The lowest BCUT2D eigenvalue weighted by molar-refractivity contribution is -0.147. The summed E-state index contributed by atoms with van der Waals surface area (Å²) >= 11 is 0. The first-order chi connectivity index (χ1) is 12.5. The molecule has 1 heterocycles.